The summed E-state index contributed by atoms with van der Waals surface area (Å²) >= 11 is 5.97. The van der Waals surface area contributed by atoms with Crippen molar-refractivity contribution in [1.82, 2.24) is 19.2 Å². The first-order valence-corrected chi connectivity index (χ1v) is 11.1. The summed E-state index contributed by atoms with van der Waals surface area (Å²) in [6, 6.07) is 16.5. The Morgan fingerprint density at radius 3 is 2.37 bits per heavy atom. The summed E-state index contributed by atoms with van der Waals surface area (Å²) in [6.07, 6.45) is 3.81. The maximum Gasteiger partial charge on any atom is 0.204 e. The van der Waals surface area contributed by atoms with Crippen molar-refractivity contribution in [2.24, 2.45) is 0 Å². The predicted molar refractivity (Wildman–Crippen MR) is 124 cm³/mol. The van der Waals surface area contributed by atoms with Crippen molar-refractivity contribution in [1.29, 1.82) is 0 Å². The summed E-state index contributed by atoms with van der Waals surface area (Å²) in [5.74, 6) is 2.09. The van der Waals surface area contributed by atoms with Gasteiger partial charge in [-0.25, -0.2) is 4.68 Å². The molecule has 0 bridgehead atoms. The lowest BCUT2D eigenvalue weighted by Gasteiger charge is -2.25. The Labute approximate surface area is 183 Å². The molecule has 0 saturated carbocycles. The summed E-state index contributed by atoms with van der Waals surface area (Å²) in [6.45, 7) is 7.38. The lowest BCUT2D eigenvalue weighted by molar-refractivity contribution is 0.172. The number of nitrogens with zero attached hydrogens (tertiary/aromatic N) is 4. The quantitative estimate of drug-likeness (QED) is 0.481. The van der Waals surface area contributed by atoms with Crippen LogP contribution in [0.25, 0.3) is 17.1 Å². The molecule has 1 saturated heterocycles. The van der Waals surface area contributed by atoms with Gasteiger partial charge in [0.25, 0.3) is 0 Å². The molecule has 0 aliphatic carbocycles. The zero-order chi connectivity index (χ0) is 21.1. The van der Waals surface area contributed by atoms with Gasteiger partial charge in [0.15, 0.2) is 5.82 Å². The number of likely N-dealkylation sites (tertiary alicyclic amines) is 1. The minimum absolute atomic E-state index is 0.386. The van der Waals surface area contributed by atoms with Crippen LogP contribution in [0.5, 0.6) is 5.75 Å². The van der Waals surface area contributed by atoms with Crippen molar-refractivity contribution < 1.29 is 4.74 Å². The van der Waals surface area contributed by atoms with Crippen LogP contribution in [0.2, 0.25) is 0 Å². The highest BCUT2D eigenvalue weighted by Crippen LogP contribution is 2.29. The standard InChI is InChI=1S/C24H30N4OS/c1-18(2)21-9-5-6-10-22(21)28-23(19-11-13-20(29-3)14-12-19)25-27(24(28)30)17-26-15-7-4-8-16-26/h5-6,9-14,18H,4,7-8,15-17H2,1-3H3. The van der Waals surface area contributed by atoms with E-state index in [0.717, 1.165) is 47.4 Å². The molecule has 2 aromatic carbocycles. The zero-order valence-electron chi connectivity index (χ0n) is 18.0. The average Bonchev–Trinajstić information content (AvgIpc) is 3.10. The summed E-state index contributed by atoms with van der Waals surface area (Å²) in [7, 11) is 1.68. The number of methoxy groups -OCH3 is 1. The van der Waals surface area contributed by atoms with Gasteiger partial charge in [0.1, 0.15) is 5.75 Å². The van der Waals surface area contributed by atoms with Gasteiger partial charge in [0.2, 0.25) is 4.77 Å². The Bertz CT molecular complexity index is 1050. The Kier molecular flexibility index (Phi) is 6.35. The van der Waals surface area contributed by atoms with E-state index in [1.807, 2.05) is 16.8 Å². The van der Waals surface area contributed by atoms with E-state index < -0.39 is 0 Å². The number of ether oxygens (including phenoxy) is 1. The van der Waals surface area contributed by atoms with Gasteiger partial charge in [-0.1, -0.05) is 38.5 Å². The Morgan fingerprint density at radius 1 is 1.00 bits per heavy atom. The molecule has 0 N–H and O–H groups in total. The van der Waals surface area contributed by atoms with Crippen LogP contribution in [0.1, 0.15) is 44.6 Å². The van der Waals surface area contributed by atoms with Crippen LogP contribution in [0, 0.1) is 4.77 Å². The molecule has 4 rings (SSSR count). The molecule has 158 valence electrons. The van der Waals surface area contributed by atoms with Gasteiger partial charge in [-0.05, 0) is 80.0 Å². The summed E-state index contributed by atoms with van der Waals surface area (Å²) < 4.78 is 10.2. The number of rotatable bonds is 6. The summed E-state index contributed by atoms with van der Waals surface area (Å²) in [4.78, 5) is 2.45. The average molecular weight is 423 g/mol. The Morgan fingerprint density at radius 2 is 1.70 bits per heavy atom. The molecule has 5 nitrogen and oxygen atoms in total. The third kappa shape index (κ3) is 4.20. The lowest BCUT2D eigenvalue weighted by Crippen LogP contribution is -2.32. The maximum absolute atomic E-state index is 5.97. The molecule has 0 radical (unpaired) electrons. The molecule has 1 aromatic heterocycles. The smallest absolute Gasteiger partial charge is 0.204 e. The van der Waals surface area contributed by atoms with Crippen molar-refractivity contribution in [2.45, 2.75) is 45.7 Å². The number of piperidine rings is 1. The monoisotopic (exact) mass is 422 g/mol. The topological polar surface area (TPSA) is 35.2 Å². The molecule has 0 spiro atoms. The first kappa shape index (κ1) is 20.8. The lowest BCUT2D eigenvalue weighted by atomic mass is 10.0. The molecule has 1 fully saturated rings. The number of aromatic nitrogens is 3. The van der Waals surface area contributed by atoms with Gasteiger partial charge < -0.3 is 4.74 Å². The summed E-state index contributed by atoms with van der Waals surface area (Å²) in [5, 5.41) is 5.00. The minimum Gasteiger partial charge on any atom is -0.497 e. The van der Waals surface area contributed by atoms with Crippen molar-refractivity contribution in [3.8, 4) is 22.8 Å². The highest BCUT2D eigenvalue weighted by atomic mass is 32.1. The van der Waals surface area contributed by atoms with Crippen LogP contribution in [-0.2, 0) is 6.67 Å². The van der Waals surface area contributed by atoms with E-state index in [1.54, 1.807) is 7.11 Å². The van der Waals surface area contributed by atoms with E-state index in [-0.39, 0.29) is 0 Å². The van der Waals surface area contributed by atoms with E-state index in [1.165, 1.54) is 24.8 Å². The largest absolute Gasteiger partial charge is 0.497 e. The number of hydrogen-bond donors (Lipinski definition) is 0. The second-order valence-electron chi connectivity index (χ2n) is 8.20. The Balaban J connectivity index is 1.85. The molecule has 0 amide bonds. The molecule has 30 heavy (non-hydrogen) atoms. The van der Waals surface area contributed by atoms with Crippen LogP contribution < -0.4 is 4.74 Å². The predicted octanol–water partition coefficient (Wildman–Crippen LogP) is 5.65. The fourth-order valence-electron chi connectivity index (χ4n) is 4.11. The van der Waals surface area contributed by atoms with Crippen LogP contribution in [0.3, 0.4) is 0 Å². The fraction of sp³-hybridized carbons (Fsp3) is 0.417. The van der Waals surface area contributed by atoms with Crippen molar-refractivity contribution in [2.75, 3.05) is 20.2 Å². The molecule has 6 heteroatoms. The molecule has 0 unspecified atom stereocenters. The minimum atomic E-state index is 0.386. The van der Waals surface area contributed by atoms with Gasteiger partial charge in [-0.3, -0.25) is 9.47 Å². The molecule has 0 atom stereocenters. The van der Waals surface area contributed by atoms with Crippen LogP contribution in [0.4, 0.5) is 0 Å². The molecular formula is C24H30N4OS. The van der Waals surface area contributed by atoms with Crippen LogP contribution in [-0.4, -0.2) is 39.4 Å². The van der Waals surface area contributed by atoms with Crippen molar-refractivity contribution in [3.05, 3.63) is 58.9 Å². The first-order chi connectivity index (χ1) is 14.6. The number of hydrogen-bond acceptors (Lipinski definition) is 4. The second kappa shape index (κ2) is 9.14. The van der Waals surface area contributed by atoms with E-state index in [4.69, 9.17) is 22.1 Å². The zero-order valence-corrected chi connectivity index (χ0v) is 18.9. The molecule has 1 aliphatic heterocycles. The van der Waals surface area contributed by atoms with Crippen LogP contribution >= 0.6 is 12.2 Å². The fourth-order valence-corrected chi connectivity index (χ4v) is 4.40. The van der Waals surface area contributed by atoms with Crippen molar-refractivity contribution >= 4 is 12.2 Å². The molecule has 1 aliphatic rings. The van der Waals surface area contributed by atoms with E-state index in [2.05, 4.69) is 59.7 Å². The number of para-hydroxylation sites is 1. The molecule has 3 aromatic rings. The highest BCUT2D eigenvalue weighted by molar-refractivity contribution is 7.71. The van der Waals surface area contributed by atoms with E-state index >= 15 is 0 Å². The molecular weight excluding hydrogens is 392 g/mol. The van der Waals surface area contributed by atoms with Gasteiger partial charge in [-0.15, -0.1) is 5.10 Å². The number of benzene rings is 2. The van der Waals surface area contributed by atoms with Gasteiger partial charge in [0.05, 0.1) is 19.5 Å². The van der Waals surface area contributed by atoms with E-state index in [0.29, 0.717) is 5.92 Å². The first-order valence-electron chi connectivity index (χ1n) is 10.7. The van der Waals surface area contributed by atoms with Crippen LogP contribution in [0.15, 0.2) is 48.5 Å². The van der Waals surface area contributed by atoms with Gasteiger partial charge >= 0.3 is 0 Å². The third-order valence-corrected chi connectivity index (χ3v) is 6.16. The van der Waals surface area contributed by atoms with Gasteiger partial charge in [-0.2, -0.15) is 0 Å². The maximum atomic E-state index is 5.97. The Hall–Kier alpha value is -2.44. The van der Waals surface area contributed by atoms with E-state index in [9.17, 15) is 0 Å². The summed E-state index contributed by atoms with van der Waals surface area (Å²) in [5.41, 5.74) is 3.40. The SMILES string of the molecule is COc1ccc(-c2nn(CN3CCCCC3)c(=S)n2-c2ccccc2C(C)C)cc1. The normalized spacial score (nSPS) is 14.9. The third-order valence-electron chi connectivity index (χ3n) is 5.77. The van der Waals surface area contributed by atoms with Gasteiger partial charge in [0, 0.05) is 5.56 Å². The van der Waals surface area contributed by atoms with Crippen molar-refractivity contribution in [3.63, 3.8) is 0 Å². The second-order valence-corrected chi connectivity index (χ2v) is 8.57. The highest BCUT2D eigenvalue weighted by Gasteiger charge is 2.20. The molecule has 2 heterocycles.